The van der Waals surface area contributed by atoms with E-state index in [9.17, 15) is 0 Å². The van der Waals surface area contributed by atoms with Crippen molar-refractivity contribution in [3.63, 3.8) is 0 Å². The lowest BCUT2D eigenvalue weighted by Crippen LogP contribution is -2.63. The van der Waals surface area contributed by atoms with Crippen LogP contribution in [0.5, 0.6) is 11.5 Å². The SMILES string of the molecule is c1cc2c3c(c1)N(c1ccncc1)c1cccc4c1B3c1c(cccc1N4c1ccncc1)O2. The molecule has 0 saturated heterocycles. The lowest BCUT2D eigenvalue weighted by Gasteiger charge is -2.46. The van der Waals surface area contributed by atoms with Gasteiger partial charge in [-0.05, 0) is 77.1 Å². The summed E-state index contributed by atoms with van der Waals surface area (Å²) in [6, 6.07) is 27.6. The van der Waals surface area contributed by atoms with Gasteiger partial charge in [0.25, 0.3) is 6.71 Å². The van der Waals surface area contributed by atoms with Crippen molar-refractivity contribution in [1.29, 1.82) is 0 Å². The number of pyridine rings is 2. The number of ether oxygens (including phenoxy) is 1. The van der Waals surface area contributed by atoms with Gasteiger partial charge in [0.15, 0.2) is 0 Å². The fourth-order valence-electron chi connectivity index (χ4n) is 5.79. The molecule has 158 valence electrons. The molecule has 5 aromatic rings. The van der Waals surface area contributed by atoms with Crippen LogP contribution < -0.4 is 30.9 Å². The van der Waals surface area contributed by atoms with E-state index in [-0.39, 0.29) is 6.71 Å². The molecular weight excluding hydrogens is 419 g/mol. The Morgan fingerprint density at radius 1 is 0.500 bits per heavy atom. The van der Waals surface area contributed by atoms with E-state index >= 15 is 0 Å². The molecule has 0 radical (unpaired) electrons. The molecule has 0 bridgehead atoms. The number of hydrogen-bond acceptors (Lipinski definition) is 5. The van der Waals surface area contributed by atoms with Crippen LogP contribution in [0.15, 0.2) is 104 Å². The average molecular weight is 436 g/mol. The van der Waals surface area contributed by atoms with Crippen LogP contribution in [0.3, 0.4) is 0 Å². The first kappa shape index (κ1) is 17.9. The summed E-state index contributed by atoms with van der Waals surface area (Å²) in [5.74, 6) is 1.84. The van der Waals surface area contributed by atoms with Crippen LogP contribution in [0, 0.1) is 0 Å². The molecule has 0 amide bonds. The Balaban J connectivity index is 1.52. The molecule has 6 heteroatoms. The fourth-order valence-corrected chi connectivity index (χ4v) is 5.79. The maximum absolute atomic E-state index is 6.54. The molecule has 0 fully saturated rings. The van der Waals surface area contributed by atoms with E-state index in [1.54, 1.807) is 0 Å². The minimum absolute atomic E-state index is 0.105. The molecule has 3 aliphatic rings. The van der Waals surface area contributed by atoms with E-state index in [1.807, 2.05) is 24.8 Å². The predicted molar refractivity (Wildman–Crippen MR) is 136 cm³/mol. The standard InChI is InChI=1S/C28H17BN4O/c1-4-20-26-21(5-1)33(19-12-16-31-17-13-19)23-7-3-9-25-28(23)29(26)27-22(6-2-8-24(27)34-25)32(20)18-10-14-30-15-11-18/h1-17H. The van der Waals surface area contributed by atoms with E-state index in [0.717, 1.165) is 34.2 Å². The van der Waals surface area contributed by atoms with Crippen LogP contribution in [0.1, 0.15) is 0 Å². The summed E-state index contributed by atoms with van der Waals surface area (Å²) >= 11 is 0. The summed E-state index contributed by atoms with van der Waals surface area (Å²) in [4.78, 5) is 13.2. The number of benzene rings is 3. The van der Waals surface area contributed by atoms with Crippen LogP contribution in [-0.2, 0) is 0 Å². The van der Waals surface area contributed by atoms with Crippen molar-refractivity contribution < 1.29 is 4.74 Å². The molecule has 3 aliphatic heterocycles. The highest BCUT2D eigenvalue weighted by atomic mass is 16.5. The summed E-state index contributed by atoms with van der Waals surface area (Å²) in [5.41, 5.74) is 10.5. The van der Waals surface area contributed by atoms with Crippen LogP contribution >= 0.6 is 0 Å². The lowest BCUT2D eigenvalue weighted by molar-refractivity contribution is 0.487. The molecule has 0 unspecified atom stereocenters. The number of aromatic nitrogens is 2. The monoisotopic (exact) mass is 436 g/mol. The molecule has 0 spiro atoms. The summed E-state index contributed by atoms with van der Waals surface area (Å²) in [6.07, 6.45) is 7.39. The van der Waals surface area contributed by atoms with Crippen molar-refractivity contribution >= 4 is 57.2 Å². The first-order valence-electron chi connectivity index (χ1n) is 11.4. The van der Waals surface area contributed by atoms with Gasteiger partial charge in [0, 0.05) is 58.9 Å². The number of nitrogens with zero attached hydrogens (tertiary/aromatic N) is 4. The van der Waals surface area contributed by atoms with E-state index in [0.29, 0.717) is 0 Å². The van der Waals surface area contributed by atoms with Gasteiger partial charge in [-0.25, -0.2) is 0 Å². The van der Waals surface area contributed by atoms with E-state index in [1.165, 1.54) is 27.8 Å². The average Bonchev–Trinajstić information content (AvgIpc) is 2.90. The van der Waals surface area contributed by atoms with Gasteiger partial charge in [-0.15, -0.1) is 0 Å². The minimum Gasteiger partial charge on any atom is -0.458 e. The maximum Gasteiger partial charge on any atom is 0.261 e. The molecule has 8 rings (SSSR count). The summed E-state index contributed by atoms with van der Waals surface area (Å²) < 4.78 is 6.54. The zero-order chi connectivity index (χ0) is 22.2. The third kappa shape index (κ3) is 2.19. The molecule has 5 nitrogen and oxygen atoms in total. The van der Waals surface area contributed by atoms with Crippen molar-refractivity contribution in [1.82, 2.24) is 9.97 Å². The molecule has 0 aliphatic carbocycles. The first-order chi connectivity index (χ1) is 16.9. The summed E-state index contributed by atoms with van der Waals surface area (Å²) in [5, 5.41) is 0. The second kappa shape index (κ2) is 6.48. The van der Waals surface area contributed by atoms with Gasteiger partial charge in [-0.3, -0.25) is 9.97 Å². The van der Waals surface area contributed by atoms with Crippen LogP contribution in [0.2, 0.25) is 0 Å². The van der Waals surface area contributed by atoms with Crippen molar-refractivity contribution in [3.05, 3.63) is 104 Å². The molecule has 0 atom stereocenters. The molecule has 34 heavy (non-hydrogen) atoms. The highest BCUT2D eigenvalue weighted by molar-refractivity contribution is 7.01. The number of anilines is 6. The Labute approximate surface area is 197 Å². The quantitative estimate of drug-likeness (QED) is 0.369. The van der Waals surface area contributed by atoms with Crippen LogP contribution in [-0.4, -0.2) is 16.7 Å². The van der Waals surface area contributed by atoms with Gasteiger partial charge in [0.2, 0.25) is 0 Å². The second-order valence-corrected chi connectivity index (χ2v) is 8.70. The predicted octanol–water partition coefficient (Wildman–Crippen LogP) is 4.66. The Morgan fingerprint density at radius 3 is 1.38 bits per heavy atom. The smallest absolute Gasteiger partial charge is 0.261 e. The molecular formula is C28H17BN4O. The molecule has 2 aromatic heterocycles. The van der Waals surface area contributed by atoms with Crippen LogP contribution in [0.25, 0.3) is 0 Å². The molecule has 3 aromatic carbocycles. The normalized spacial score (nSPS) is 13.9. The lowest BCUT2D eigenvalue weighted by atomic mass is 9.32. The highest BCUT2D eigenvalue weighted by Crippen LogP contribution is 2.47. The maximum atomic E-state index is 6.54. The van der Waals surface area contributed by atoms with E-state index in [4.69, 9.17) is 4.74 Å². The Morgan fingerprint density at radius 2 is 0.912 bits per heavy atom. The van der Waals surface area contributed by atoms with Crippen molar-refractivity contribution in [2.24, 2.45) is 0 Å². The molecule has 0 N–H and O–H groups in total. The first-order valence-corrected chi connectivity index (χ1v) is 11.4. The largest absolute Gasteiger partial charge is 0.458 e. The van der Waals surface area contributed by atoms with Gasteiger partial charge < -0.3 is 14.5 Å². The van der Waals surface area contributed by atoms with Crippen molar-refractivity contribution in [2.45, 2.75) is 0 Å². The molecule has 0 saturated carbocycles. The van der Waals surface area contributed by atoms with Crippen LogP contribution in [0.4, 0.5) is 34.1 Å². The zero-order valence-electron chi connectivity index (χ0n) is 18.1. The summed E-state index contributed by atoms with van der Waals surface area (Å²) in [6.45, 7) is 0.105. The third-order valence-corrected chi connectivity index (χ3v) is 7.04. The van der Waals surface area contributed by atoms with E-state index < -0.39 is 0 Å². The summed E-state index contributed by atoms with van der Waals surface area (Å²) in [7, 11) is 0. The fraction of sp³-hybridized carbons (Fsp3) is 0. The van der Waals surface area contributed by atoms with Gasteiger partial charge in [-0.1, -0.05) is 18.2 Å². The minimum atomic E-state index is 0.105. The van der Waals surface area contributed by atoms with Crippen molar-refractivity contribution in [2.75, 3.05) is 9.80 Å². The topological polar surface area (TPSA) is 41.5 Å². The zero-order valence-corrected chi connectivity index (χ0v) is 18.1. The Hall–Kier alpha value is -4.58. The number of hydrogen-bond donors (Lipinski definition) is 0. The highest BCUT2D eigenvalue weighted by Gasteiger charge is 2.47. The third-order valence-electron chi connectivity index (χ3n) is 7.04. The van der Waals surface area contributed by atoms with Gasteiger partial charge in [-0.2, -0.15) is 0 Å². The van der Waals surface area contributed by atoms with E-state index in [2.05, 4.69) is 98.6 Å². The Bertz CT molecular complexity index is 1490. The number of rotatable bonds is 2. The molecule has 5 heterocycles. The Kier molecular flexibility index (Phi) is 3.42. The second-order valence-electron chi connectivity index (χ2n) is 8.70. The van der Waals surface area contributed by atoms with Gasteiger partial charge >= 0.3 is 0 Å². The van der Waals surface area contributed by atoms with Gasteiger partial charge in [0.05, 0.1) is 0 Å². The van der Waals surface area contributed by atoms with Gasteiger partial charge in [0.1, 0.15) is 11.5 Å². The van der Waals surface area contributed by atoms with Crippen molar-refractivity contribution in [3.8, 4) is 11.5 Å².